The minimum absolute atomic E-state index is 0.132. The zero-order valence-corrected chi connectivity index (χ0v) is 13.0. The predicted molar refractivity (Wildman–Crippen MR) is 81.1 cm³/mol. The van der Waals surface area contributed by atoms with Gasteiger partial charge < -0.3 is 9.73 Å². The molecule has 0 bridgehead atoms. The van der Waals surface area contributed by atoms with Crippen LogP contribution in [0, 0.1) is 0 Å². The van der Waals surface area contributed by atoms with Crippen molar-refractivity contribution in [3.8, 4) is 0 Å². The van der Waals surface area contributed by atoms with E-state index < -0.39 is 0 Å². The molecule has 108 valence electrons. The first-order valence-corrected chi connectivity index (χ1v) is 6.98. The lowest BCUT2D eigenvalue weighted by molar-refractivity contribution is 0.276. The average Bonchev–Trinajstić information content (AvgIpc) is 2.72. The van der Waals surface area contributed by atoms with Crippen LogP contribution in [0.3, 0.4) is 0 Å². The van der Waals surface area contributed by atoms with E-state index in [4.69, 9.17) is 4.42 Å². The van der Waals surface area contributed by atoms with Gasteiger partial charge in [0.05, 0.1) is 12.8 Å². The molecular weight excluding hydrogens is 236 g/mol. The number of rotatable bonds is 7. The van der Waals surface area contributed by atoms with E-state index in [0.717, 1.165) is 31.9 Å². The summed E-state index contributed by atoms with van der Waals surface area (Å²) in [5, 5.41) is 3.46. The van der Waals surface area contributed by atoms with Gasteiger partial charge >= 0.3 is 0 Å². The van der Waals surface area contributed by atoms with E-state index in [2.05, 4.69) is 57.5 Å². The molecule has 0 amide bonds. The molecular formula is C16H28N2O. The summed E-state index contributed by atoms with van der Waals surface area (Å²) in [4.78, 5) is 2.32. The minimum atomic E-state index is 0.132. The van der Waals surface area contributed by atoms with Gasteiger partial charge in [0.15, 0.2) is 0 Å². The van der Waals surface area contributed by atoms with Crippen LogP contribution in [-0.2, 0) is 13.1 Å². The van der Waals surface area contributed by atoms with E-state index in [1.807, 2.05) is 6.26 Å². The van der Waals surface area contributed by atoms with Gasteiger partial charge in [0, 0.05) is 24.2 Å². The lowest BCUT2D eigenvalue weighted by Gasteiger charge is -2.19. The summed E-state index contributed by atoms with van der Waals surface area (Å²) in [6.07, 6.45) is 1.85. The highest BCUT2D eigenvalue weighted by atomic mass is 16.3. The number of furan rings is 1. The van der Waals surface area contributed by atoms with E-state index in [1.165, 1.54) is 11.1 Å². The highest BCUT2D eigenvalue weighted by Crippen LogP contribution is 2.12. The molecule has 1 heterocycles. The van der Waals surface area contributed by atoms with Crippen LogP contribution in [0.4, 0.5) is 0 Å². The van der Waals surface area contributed by atoms with Crippen LogP contribution in [0.15, 0.2) is 28.9 Å². The average molecular weight is 264 g/mol. The fourth-order valence-corrected chi connectivity index (χ4v) is 1.85. The van der Waals surface area contributed by atoms with Crippen molar-refractivity contribution in [3.05, 3.63) is 35.8 Å². The highest BCUT2D eigenvalue weighted by molar-refractivity contribution is 5.13. The maximum absolute atomic E-state index is 5.63. The lowest BCUT2D eigenvalue weighted by Crippen LogP contribution is -2.34. The molecule has 19 heavy (non-hydrogen) atoms. The normalized spacial score (nSPS) is 12.1. The molecule has 1 aromatic heterocycles. The first-order chi connectivity index (χ1) is 8.80. The van der Waals surface area contributed by atoms with Gasteiger partial charge in [-0.3, -0.25) is 4.90 Å². The van der Waals surface area contributed by atoms with Gasteiger partial charge in [0.2, 0.25) is 0 Å². The Kier molecular flexibility index (Phi) is 5.83. The van der Waals surface area contributed by atoms with Crippen molar-refractivity contribution >= 4 is 0 Å². The Bertz CT molecular complexity index is 401. The van der Waals surface area contributed by atoms with Crippen molar-refractivity contribution in [1.82, 2.24) is 10.2 Å². The molecule has 0 aromatic carbocycles. The van der Waals surface area contributed by atoms with Gasteiger partial charge in [-0.1, -0.05) is 19.1 Å². The summed E-state index contributed by atoms with van der Waals surface area (Å²) in [7, 11) is 0. The van der Waals surface area contributed by atoms with Crippen molar-refractivity contribution in [2.75, 3.05) is 13.1 Å². The molecule has 1 N–H and O–H groups in total. The fraction of sp³-hybridized carbons (Fsp3) is 0.625. The Balaban J connectivity index is 2.52. The maximum atomic E-state index is 5.63. The summed E-state index contributed by atoms with van der Waals surface area (Å²) in [5.41, 5.74) is 2.52. The summed E-state index contributed by atoms with van der Waals surface area (Å²) in [6.45, 7) is 18.3. The van der Waals surface area contributed by atoms with Crippen molar-refractivity contribution in [1.29, 1.82) is 0 Å². The Morgan fingerprint density at radius 1 is 1.42 bits per heavy atom. The zero-order valence-electron chi connectivity index (χ0n) is 13.0. The van der Waals surface area contributed by atoms with Crippen molar-refractivity contribution in [3.63, 3.8) is 0 Å². The molecule has 0 radical (unpaired) electrons. The number of nitrogens with zero attached hydrogens (tertiary/aromatic N) is 1. The third-order valence-corrected chi connectivity index (χ3v) is 2.85. The molecule has 1 rings (SSSR count). The summed E-state index contributed by atoms with van der Waals surface area (Å²) in [5.74, 6) is 1.02. The second kappa shape index (κ2) is 6.92. The van der Waals surface area contributed by atoms with Crippen LogP contribution in [0.2, 0.25) is 0 Å². The molecule has 0 unspecified atom stereocenters. The summed E-state index contributed by atoms with van der Waals surface area (Å²) in [6, 6.07) is 2.14. The van der Waals surface area contributed by atoms with Crippen molar-refractivity contribution < 1.29 is 4.42 Å². The molecule has 0 aliphatic rings. The smallest absolute Gasteiger partial charge is 0.118 e. The number of nitrogens with one attached hydrogen (secondary N) is 1. The molecule has 0 aliphatic carbocycles. The number of hydrogen-bond donors (Lipinski definition) is 1. The summed E-state index contributed by atoms with van der Waals surface area (Å²) < 4.78 is 5.63. The minimum Gasteiger partial charge on any atom is -0.468 e. The zero-order chi connectivity index (χ0) is 14.5. The van der Waals surface area contributed by atoms with Gasteiger partial charge in [0.1, 0.15) is 5.76 Å². The molecule has 0 saturated heterocycles. The van der Waals surface area contributed by atoms with Gasteiger partial charge in [-0.05, 0) is 40.3 Å². The number of likely N-dealkylation sites (N-methyl/N-ethyl adjacent to an activating group) is 1. The van der Waals surface area contributed by atoms with Gasteiger partial charge in [-0.15, -0.1) is 0 Å². The predicted octanol–water partition coefficient (Wildman–Crippen LogP) is 3.57. The third kappa shape index (κ3) is 6.60. The molecule has 0 atom stereocenters. The lowest BCUT2D eigenvalue weighted by atomic mass is 10.1. The molecule has 1 aromatic rings. The Morgan fingerprint density at radius 3 is 2.63 bits per heavy atom. The first-order valence-electron chi connectivity index (χ1n) is 6.98. The van der Waals surface area contributed by atoms with E-state index in [9.17, 15) is 0 Å². The molecule has 0 fully saturated rings. The first kappa shape index (κ1) is 16.0. The van der Waals surface area contributed by atoms with Crippen LogP contribution in [0.1, 0.15) is 45.9 Å². The third-order valence-electron chi connectivity index (χ3n) is 2.85. The monoisotopic (exact) mass is 264 g/mol. The highest BCUT2D eigenvalue weighted by Gasteiger charge is 2.11. The number of hydrogen-bond acceptors (Lipinski definition) is 3. The standard InChI is InChI=1S/C16H28N2O/c1-7-18(10-13(2)3)11-15-8-14(12-19-15)9-17-16(4,5)6/h8,12,17H,2,7,9-11H2,1,3-6H3. The second-order valence-corrected chi connectivity index (χ2v) is 6.29. The molecule has 0 aliphatic heterocycles. The second-order valence-electron chi connectivity index (χ2n) is 6.29. The fourth-order valence-electron chi connectivity index (χ4n) is 1.85. The van der Waals surface area contributed by atoms with E-state index in [1.54, 1.807) is 0 Å². The van der Waals surface area contributed by atoms with Gasteiger partial charge in [-0.2, -0.15) is 0 Å². The van der Waals surface area contributed by atoms with Gasteiger partial charge in [-0.25, -0.2) is 0 Å². The van der Waals surface area contributed by atoms with Crippen LogP contribution < -0.4 is 5.32 Å². The quantitative estimate of drug-likeness (QED) is 0.763. The van der Waals surface area contributed by atoms with Crippen molar-refractivity contribution in [2.24, 2.45) is 0 Å². The molecule has 3 nitrogen and oxygen atoms in total. The molecule has 0 saturated carbocycles. The van der Waals surface area contributed by atoms with E-state index in [-0.39, 0.29) is 5.54 Å². The van der Waals surface area contributed by atoms with E-state index >= 15 is 0 Å². The Hall–Kier alpha value is -1.06. The van der Waals surface area contributed by atoms with Gasteiger partial charge in [0.25, 0.3) is 0 Å². The molecule has 0 spiro atoms. The molecule has 3 heteroatoms. The van der Waals surface area contributed by atoms with Crippen LogP contribution in [-0.4, -0.2) is 23.5 Å². The van der Waals surface area contributed by atoms with Crippen LogP contribution in [0.25, 0.3) is 0 Å². The maximum Gasteiger partial charge on any atom is 0.118 e. The Morgan fingerprint density at radius 2 is 2.11 bits per heavy atom. The van der Waals surface area contributed by atoms with Crippen LogP contribution in [0.5, 0.6) is 0 Å². The Labute approximate surface area is 117 Å². The topological polar surface area (TPSA) is 28.4 Å². The van der Waals surface area contributed by atoms with E-state index in [0.29, 0.717) is 0 Å². The largest absolute Gasteiger partial charge is 0.468 e. The van der Waals surface area contributed by atoms with Crippen LogP contribution >= 0.6 is 0 Å². The van der Waals surface area contributed by atoms with Crippen molar-refractivity contribution in [2.45, 2.75) is 53.2 Å². The SMILES string of the molecule is C=C(C)CN(CC)Cc1cc(CNC(C)(C)C)co1. The summed E-state index contributed by atoms with van der Waals surface area (Å²) >= 11 is 0.